The van der Waals surface area contributed by atoms with Crippen molar-refractivity contribution in [2.45, 2.75) is 26.4 Å². The molecular formula is C17H22N4O2. The number of hydrogen-bond acceptors (Lipinski definition) is 5. The molecule has 0 bridgehead atoms. The minimum Gasteiger partial charge on any atom is -0.394 e. The van der Waals surface area contributed by atoms with Gasteiger partial charge in [0.2, 0.25) is 0 Å². The molecular weight excluding hydrogens is 292 g/mol. The number of anilines is 1. The number of carbonyl (C=O) groups excluding carboxylic acids is 1. The number of nitrogens with zero attached hydrogens (tertiary/aromatic N) is 3. The maximum absolute atomic E-state index is 12.9. The molecule has 0 fully saturated rings. The summed E-state index contributed by atoms with van der Waals surface area (Å²) < 4.78 is 0. The topological polar surface area (TPSA) is 92.3 Å². The highest BCUT2D eigenvalue weighted by atomic mass is 16.3. The SMILES string of the molecule is CC(C)[C@@H](CO)N(Cc1ccccc1)C(=O)c1nccnc1N. The Hall–Kier alpha value is -2.47. The monoisotopic (exact) mass is 314 g/mol. The molecule has 0 spiro atoms. The van der Waals surface area contributed by atoms with E-state index in [1.807, 2.05) is 44.2 Å². The molecule has 6 heteroatoms. The molecule has 0 aliphatic carbocycles. The summed E-state index contributed by atoms with van der Waals surface area (Å²) in [5, 5.41) is 9.75. The number of aromatic nitrogens is 2. The van der Waals surface area contributed by atoms with Gasteiger partial charge in [0.25, 0.3) is 5.91 Å². The zero-order chi connectivity index (χ0) is 16.8. The molecule has 0 saturated heterocycles. The fraction of sp³-hybridized carbons (Fsp3) is 0.353. The van der Waals surface area contributed by atoms with Crippen LogP contribution in [0.15, 0.2) is 42.7 Å². The Morgan fingerprint density at radius 3 is 2.43 bits per heavy atom. The number of rotatable bonds is 6. The van der Waals surface area contributed by atoms with E-state index < -0.39 is 0 Å². The van der Waals surface area contributed by atoms with Crippen molar-refractivity contribution in [2.24, 2.45) is 5.92 Å². The third kappa shape index (κ3) is 4.04. The zero-order valence-electron chi connectivity index (χ0n) is 13.4. The first kappa shape index (κ1) is 16.9. The lowest BCUT2D eigenvalue weighted by Crippen LogP contribution is -2.45. The van der Waals surface area contributed by atoms with Crippen LogP contribution in [0.2, 0.25) is 0 Å². The number of nitrogens with two attached hydrogens (primary N) is 1. The number of aliphatic hydroxyl groups is 1. The van der Waals surface area contributed by atoms with Gasteiger partial charge in [-0.05, 0) is 11.5 Å². The molecule has 0 unspecified atom stereocenters. The van der Waals surface area contributed by atoms with Gasteiger partial charge in [-0.3, -0.25) is 4.79 Å². The lowest BCUT2D eigenvalue weighted by Gasteiger charge is -2.33. The highest BCUT2D eigenvalue weighted by Gasteiger charge is 2.29. The fourth-order valence-corrected chi connectivity index (χ4v) is 2.44. The van der Waals surface area contributed by atoms with E-state index in [4.69, 9.17) is 5.73 Å². The first-order valence-corrected chi connectivity index (χ1v) is 7.56. The highest BCUT2D eigenvalue weighted by molar-refractivity contribution is 5.96. The van der Waals surface area contributed by atoms with Crippen molar-refractivity contribution >= 4 is 11.7 Å². The molecule has 0 aliphatic heterocycles. The molecule has 122 valence electrons. The Labute approximate surface area is 136 Å². The average molecular weight is 314 g/mol. The van der Waals surface area contributed by atoms with Crippen molar-refractivity contribution in [1.82, 2.24) is 14.9 Å². The van der Waals surface area contributed by atoms with Crippen LogP contribution in [0.3, 0.4) is 0 Å². The molecule has 6 nitrogen and oxygen atoms in total. The number of nitrogen functional groups attached to an aromatic ring is 1. The minimum absolute atomic E-state index is 0.0885. The number of hydrogen-bond donors (Lipinski definition) is 2. The second-order valence-corrected chi connectivity index (χ2v) is 5.70. The number of amides is 1. The van der Waals surface area contributed by atoms with Gasteiger partial charge in [0, 0.05) is 18.9 Å². The van der Waals surface area contributed by atoms with Crippen molar-refractivity contribution in [3.05, 3.63) is 54.0 Å². The quantitative estimate of drug-likeness (QED) is 0.847. The molecule has 1 aromatic carbocycles. The lowest BCUT2D eigenvalue weighted by molar-refractivity contribution is 0.0477. The van der Waals surface area contributed by atoms with E-state index in [1.54, 1.807) is 4.90 Å². The van der Waals surface area contributed by atoms with E-state index in [1.165, 1.54) is 12.4 Å². The molecule has 0 saturated carbocycles. The summed E-state index contributed by atoms with van der Waals surface area (Å²) >= 11 is 0. The summed E-state index contributed by atoms with van der Waals surface area (Å²) in [4.78, 5) is 22.5. The predicted octanol–water partition coefficient (Wildman–Crippen LogP) is 1.72. The van der Waals surface area contributed by atoms with Gasteiger partial charge >= 0.3 is 0 Å². The Kier molecular flexibility index (Phi) is 5.65. The maximum atomic E-state index is 12.9. The zero-order valence-corrected chi connectivity index (χ0v) is 13.4. The minimum atomic E-state index is -0.330. The molecule has 23 heavy (non-hydrogen) atoms. The molecule has 2 aromatic rings. The van der Waals surface area contributed by atoms with Crippen LogP contribution >= 0.6 is 0 Å². The number of carbonyl (C=O) groups is 1. The van der Waals surface area contributed by atoms with Gasteiger partial charge in [-0.25, -0.2) is 9.97 Å². The highest BCUT2D eigenvalue weighted by Crippen LogP contribution is 2.19. The van der Waals surface area contributed by atoms with Crippen molar-refractivity contribution in [3.8, 4) is 0 Å². The van der Waals surface area contributed by atoms with E-state index in [0.29, 0.717) is 6.54 Å². The second-order valence-electron chi connectivity index (χ2n) is 5.70. The third-order valence-corrected chi connectivity index (χ3v) is 3.74. The van der Waals surface area contributed by atoms with E-state index in [-0.39, 0.29) is 36.0 Å². The van der Waals surface area contributed by atoms with E-state index in [2.05, 4.69) is 9.97 Å². The van der Waals surface area contributed by atoms with Gasteiger partial charge < -0.3 is 15.7 Å². The van der Waals surface area contributed by atoms with Crippen molar-refractivity contribution in [2.75, 3.05) is 12.3 Å². The predicted molar refractivity (Wildman–Crippen MR) is 88.5 cm³/mol. The fourth-order valence-electron chi connectivity index (χ4n) is 2.44. The normalized spacial score (nSPS) is 12.2. The smallest absolute Gasteiger partial charge is 0.276 e. The molecule has 0 radical (unpaired) electrons. The van der Waals surface area contributed by atoms with Crippen LogP contribution in [0.25, 0.3) is 0 Å². The second kappa shape index (κ2) is 7.69. The summed E-state index contributed by atoms with van der Waals surface area (Å²) in [6.45, 7) is 4.17. The molecule has 1 amide bonds. The lowest BCUT2D eigenvalue weighted by atomic mass is 10.0. The molecule has 0 aliphatic rings. The van der Waals surface area contributed by atoms with E-state index in [0.717, 1.165) is 5.56 Å². The first-order valence-electron chi connectivity index (χ1n) is 7.56. The average Bonchev–Trinajstić information content (AvgIpc) is 2.55. The van der Waals surface area contributed by atoms with Gasteiger partial charge in [0.1, 0.15) is 0 Å². The van der Waals surface area contributed by atoms with E-state index in [9.17, 15) is 9.90 Å². The summed E-state index contributed by atoms with van der Waals surface area (Å²) in [6.07, 6.45) is 2.88. The summed E-state index contributed by atoms with van der Waals surface area (Å²) in [7, 11) is 0. The Morgan fingerprint density at radius 2 is 1.87 bits per heavy atom. The van der Waals surface area contributed by atoms with Gasteiger partial charge in [-0.15, -0.1) is 0 Å². The van der Waals surface area contributed by atoms with Crippen LogP contribution in [-0.2, 0) is 6.54 Å². The van der Waals surface area contributed by atoms with Crippen LogP contribution in [-0.4, -0.2) is 38.5 Å². The molecule has 2 rings (SSSR count). The standard InChI is InChI=1S/C17H22N4O2/c1-12(2)14(11-22)21(10-13-6-4-3-5-7-13)17(23)15-16(18)20-9-8-19-15/h3-9,12,14,22H,10-11H2,1-2H3,(H2,18,20)/t14-/m1/s1. The molecule has 1 aromatic heterocycles. The Morgan fingerprint density at radius 1 is 1.22 bits per heavy atom. The van der Waals surface area contributed by atoms with Gasteiger partial charge in [0.05, 0.1) is 12.6 Å². The molecule has 1 heterocycles. The van der Waals surface area contributed by atoms with Gasteiger partial charge in [-0.2, -0.15) is 0 Å². The Bertz CT molecular complexity index is 646. The van der Waals surface area contributed by atoms with Gasteiger partial charge in [-0.1, -0.05) is 44.2 Å². The summed E-state index contributed by atoms with van der Waals surface area (Å²) in [5.74, 6) is -0.145. The number of aliphatic hydroxyl groups excluding tert-OH is 1. The van der Waals surface area contributed by atoms with Crippen LogP contribution < -0.4 is 5.73 Å². The summed E-state index contributed by atoms with van der Waals surface area (Å²) in [5.41, 5.74) is 6.87. The van der Waals surface area contributed by atoms with Crippen LogP contribution in [0.1, 0.15) is 29.9 Å². The van der Waals surface area contributed by atoms with Crippen molar-refractivity contribution in [1.29, 1.82) is 0 Å². The van der Waals surface area contributed by atoms with Crippen molar-refractivity contribution in [3.63, 3.8) is 0 Å². The molecule has 3 N–H and O–H groups in total. The maximum Gasteiger partial charge on any atom is 0.276 e. The van der Waals surface area contributed by atoms with Crippen molar-refractivity contribution < 1.29 is 9.90 Å². The van der Waals surface area contributed by atoms with Crippen LogP contribution in [0, 0.1) is 5.92 Å². The largest absolute Gasteiger partial charge is 0.394 e. The number of benzene rings is 1. The molecule has 1 atom stereocenters. The van der Waals surface area contributed by atoms with Gasteiger partial charge in [0.15, 0.2) is 11.5 Å². The van der Waals surface area contributed by atoms with Crippen LogP contribution in [0.4, 0.5) is 5.82 Å². The van der Waals surface area contributed by atoms with Crippen LogP contribution in [0.5, 0.6) is 0 Å². The Balaban J connectivity index is 2.36. The summed E-state index contributed by atoms with van der Waals surface area (Å²) in [6, 6.07) is 9.30. The first-order chi connectivity index (χ1) is 11.0. The third-order valence-electron chi connectivity index (χ3n) is 3.74. The van der Waals surface area contributed by atoms with E-state index >= 15 is 0 Å².